The number of halogens is 8. The van der Waals surface area contributed by atoms with Crippen molar-refractivity contribution in [3.8, 4) is 0 Å². The highest BCUT2D eigenvalue weighted by molar-refractivity contribution is 6.01. The van der Waals surface area contributed by atoms with E-state index in [1.165, 1.54) is 34.9 Å². The number of carbonyl (C=O) groups is 2. The van der Waals surface area contributed by atoms with Crippen molar-refractivity contribution in [2.75, 3.05) is 10.6 Å². The smallest absolute Gasteiger partial charge is 0.321 e. The molecule has 0 saturated carbocycles. The van der Waals surface area contributed by atoms with Gasteiger partial charge in [0.05, 0.1) is 0 Å². The number of anilines is 2. The molecule has 0 bridgehead atoms. The monoisotopic (exact) mass is 540 g/mol. The first kappa shape index (κ1) is 26.8. The normalized spacial score (nSPS) is 12.9. The van der Waals surface area contributed by atoms with E-state index < -0.39 is 46.9 Å². The topological polar surface area (TPSA) is 58.2 Å². The van der Waals surface area contributed by atoms with Gasteiger partial charge in [-0.2, -0.15) is 35.1 Å². The lowest BCUT2D eigenvalue weighted by Crippen LogP contribution is -2.67. The molecule has 2 amide bonds. The standard InChI is InChI=1S/C26H16F8N2O2/c27-23(28,21(37)35-19-11-9-15-5-1-3-7-17(15)13-19)25(31,32)26(33,34)24(29,30)22(38)36-20-12-10-16-6-2-4-8-18(16)14-20/h1-14H,(H,35,37)(H,36,38). The van der Waals surface area contributed by atoms with Crippen LogP contribution in [0.2, 0.25) is 0 Å². The second-order valence-corrected chi connectivity index (χ2v) is 8.33. The zero-order valence-electron chi connectivity index (χ0n) is 18.9. The first-order valence-electron chi connectivity index (χ1n) is 10.8. The molecule has 0 radical (unpaired) electrons. The van der Waals surface area contributed by atoms with Gasteiger partial charge in [-0.15, -0.1) is 0 Å². The van der Waals surface area contributed by atoms with Crippen molar-refractivity contribution in [1.82, 2.24) is 0 Å². The number of fused-ring (bicyclic) bond motifs is 2. The molecule has 0 atom stereocenters. The second-order valence-electron chi connectivity index (χ2n) is 8.33. The SMILES string of the molecule is O=C(Nc1ccc2ccccc2c1)C(F)(F)C(F)(F)C(F)(F)C(F)(F)C(=O)Nc1ccc2ccccc2c1. The number of amides is 2. The van der Waals surface area contributed by atoms with Gasteiger partial charge in [0, 0.05) is 11.4 Å². The summed E-state index contributed by atoms with van der Waals surface area (Å²) in [6.45, 7) is 0. The molecule has 0 heterocycles. The maximum Gasteiger partial charge on any atom is 0.393 e. The lowest BCUT2D eigenvalue weighted by atomic mass is 9.97. The van der Waals surface area contributed by atoms with Gasteiger partial charge in [0.2, 0.25) is 0 Å². The number of hydrogen-bond donors (Lipinski definition) is 2. The minimum absolute atomic E-state index is 0.377. The van der Waals surface area contributed by atoms with Crippen molar-refractivity contribution in [1.29, 1.82) is 0 Å². The van der Waals surface area contributed by atoms with Crippen molar-refractivity contribution in [2.24, 2.45) is 0 Å². The quantitative estimate of drug-likeness (QED) is 0.246. The van der Waals surface area contributed by atoms with Gasteiger partial charge >= 0.3 is 35.5 Å². The van der Waals surface area contributed by atoms with E-state index >= 15 is 0 Å². The fourth-order valence-corrected chi connectivity index (χ4v) is 3.63. The third-order valence-corrected chi connectivity index (χ3v) is 5.77. The zero-order chi connectivity index (χ0) is 27.9. The minimum atomic E-state index is -6.98. The summed E-state index contributed by atoms with van der Waals surface area (Å²) in [6.07, 6.45) is 0. The lowest BCUT2D eigenvalue weighted by molar-refractivity contribution is -0.345. The highest BCUT2D eigenvalue weighted by Gasteiger charge is 2.84. The van der Waals surface area contributed by atoms with E-state index in [0.717, 1.165) is 24.3 Å². The Morgan fingerprint density at radius 2 is 0.789 bits per heavy atom. The predicted octanol–water partition coefficient (Wildman–Crippen LogP) is 7.11. The molecule has 4 rings (SSSR count). The molecule has 0 aromatic heterocycles. The molecule has 0 saturated heterocycles. The van der Waals surface area contributed by atoms with Gasteiger partial charge in [-0.3, -0.25) is 9.59 Å². The summed E-state index contributed by atoms with van der Waals surface area (Å²) in [6, 6.07) is 19.4. The fourth-order valence-electron chi connectivity index (χ4n) is 3.63. The summed E-state index contributed by atoms with van der Waals surface area (Å²) in [5.41, 5.74) is -0.957. The first-order valence-corrected chi connectivity index (χ1v) is 10.8. The number of hydrogen-bond acceptors (Lipinski definition) is 2. The fraction of sp³-hybridized carbons (Fsp3) is 0.154. The van der Waals surface area contributed by atoms with E-state index in [1.807, 2.05) is 0 Å². The van der Waals surface area contributed by atoms with Gasteiger partial charge < -0.3 is 10.6 Å². The predicted molar refractivity (Wildman–Crippen MR) is 125 cm³/mol. The largest absolute Gasteiger partial charge is 0.393 e. The minimum Gasteiger partial charge on any atom is -0.321 e. The van der Waals surface area contributed by atoms with Crippen LogP contribution in [0.25, 0.3) is 21.5 Å². The Bertz CT molecular complexity index is 1420. The Hall–Kier alpha value is -4.22. The van der Waals surface area contributed by atoms with Crippen LogP contribution in [0.4, 0.5) is 46.5 Å². The van der Waals surface area contributed by atoms with Crippen LogP contribution in [0.15, 0.2) is 84.9 Å². The van der Waals surface area contributed by atoms with E-state index in [0.29, 0.717) is 21.5 Å². The van der Waals surface area contributed by atoms with Crippen LogP contribution in [0.1, 0.15) is 0 Å². The summed E-state index contributed by atoms with van der Waals surface area (Å²) in [4.78, 5) is 23.9. The first-order chi connectivity index (χ1) is 17.7. The molecule has 0 aliphatic carbocycles. The lowest BCUT2D eigenvalue weighted by Gasteiger charge is -2.35. The Morgan fingerprint density at radius 3 is 1.13 bits per heavy atom. The summed E-state index contributed by atoms with van der Waals surface area (Å²) in [5, 5.41) is 4.59. The highest BCUT2D eigenvalue weighted by Crippen LogP contribution is 2.53. The van der Waals surface area contributed by atoms with Crippen LogP contribution in [-0.4, -0.2) is 35.5 Å². The summed E-state index contributed by atoms with van der Waals surface area (Å²) in [5.74, 6) is -32.6. The van der Waals surface area contributed by atoms with Gasteiger partial charge in [-0.1, -0.05) is 60.7 Å². The molecular formula is C26H16F8N2O2. The zero-order valence-corrected chi connectivity index (χ0v) is 18.9. The third-order valence-electron chi connectivity index (χ3n) is 5.77. The number of benzene rings is 4. The van der Waals surface area contributed by atoms with Crippen molar-refractivity contribution < 1.29 is 44.7 Å². The Kier molecular flexibility index (Phi) is 6.54. The average Bonchev–Trinajstić information content (AvgIpc) is 2.88. The van der Waals surface area contributed by atoms with Crippen LogP contribution < -0.4 is 10.6 Å². The molecular weight excluding hydrogens is 524 g/mol. The van der Waals surface area contributed by atoms with Crippen LogP contribution in [0.5, 0.6) is 0 Å². The van der Waals surface area contributed by atoms with Crippen LogP contribution in [-0.2, 0) is 9.59 Å². The summed E-state index contributed by atoms with van der Waals surface area (Å²) < 4.78 is 115. The molecule has 12 heteroatoms. The molecule has 4 aromatic rings. The average molecular weight is 540 g/mol. The molecule has 0 spiro atoms. The maximum absolute atomic E-state index is 14.4. The molecule has 0 unspecified atom stereocenters. The molecule has 0 aliphatic heterocycles. The summed E-state index contributed by atoms with van der Waals surface area (Å²) in [7, 11) is 0. The Labute approximate surface area is 209 Å². The molecule has 4 aromatic carbocycles. The van der Waals surface area contributed by atoms with Gasteiger partial charge in [0.1, 0.15) is 0 Å². The maximum atomic E-state index is 14.4. The molecule has 38 heavy (non-hydrogen) atoms. The molecule has 2 N–H and O–H groups in total. The van der Waals surface area contributed by atoms with Gasteiger partial charge in [0.15, 0.2) is 0 Å². The number of alkyl halides is 8. The number of nitrogens with one attached hydrogen (secondary N) is 2. The van der Waals surface area contributed by atoms with E-state index in [2.05, 4.69) is 0 Å². The number of carbonyl (C=O) groups excluding carboxylic acids is 2. The highest BCUT2D eigenvalue weighted by atomic mass is 19.4. The van der Waals surface area contributed by atoms with Crippen LogP contribution >= 0.6 is 0 Å². The molecule has 4 nitrogen and oxygen atoms in total. The summed E-state index contributed by atoms with van der Waals surface area (Å²) >= 11 is 0. The Morgan fingerprint density at radius 1 is 0.474 bits per heavy atom. The van der Waals surface area contributed by atoms with Crippen LogP contribution in [0, 0.1) is 0 Å². The van der Waals surface area contributed by atoms with Gasteiger partial charge in [-0.05, 0) is 45.8 Å². The number of rotatable bonds is 7. The van der Waals surface area contributed by atoms with Crippen LogP contribution in [0.3, 0.4) is 0 Å². The van der Waals surface area contributed by atoms with Crippen molar-refractivity contribution in [2.45, 2.75) is 23.7 Å². The molecule has 198 valence electrons. The second kappa shape index (κ2) is 9.26. The Balaban J connectivity index is 1.57. The molecule has 0 fully saturated rings. The van der Waals surface area contributed by atoms with E-state index in [9.17, 15) is 44.7 Å². The third kappa shape index (κ3) is 4.39. The van der Waals surface area contributed by atoms with Crippen molar-refractivity contribution >= 4 is 44.7 Å². The van der Waals surface area contributed by atoms with Gasteiger partial charge in [-0.25, -0.2) is 0 Å². The van der Waals surface area contributed by atoms with Crippen molar-refractivity contribution in [3.63, 3.8) is 0 Å². The van der Waals surface area contributed by atoms with E-state index in [4.69, 9.17) is 0 Å². The van der Waals surface area contributed by atoms with E-state index in [1.54, 1.807) is 36.4 Å². The van der Waals surface area contributed by atoms with Crippen molar-refractivity contribution in [3.05, 3.63) is 84.9 Å². The van der Waals surface area contributed by atoms with E-state index in [-0.39, 0.29) is 0 Å². The molecule has 0 aliphatic rings. The van der Waals surface area contributed by atoms with Gasteiger partial charge in [0.25, 0.3) is 0 Å².